The predicted octanol–water partition coefficient (Wildman–Crippen LogP) is 3.34. The first-order valence-corrected chi connectivity index (χ1v) is 10.6. The van der Waals surface area contributed by atoms with Crippen LogP contribution in [0.3, 0.4) is 0 Å². The average Bonchev–Trinajstić information content (AvgIpc) is 3.29. The Hall–Kier alpha value is -3.45. The molecule has 0 unspecified atom stereocenters. The highest BCUT2D eigenvalue weighted by Gasteiger charge is 2.24. The van der Waals surface area contributed by atoms with Crippen LogP contribution >= 0.6 is 11.6 Å². The molecule has 31 heavy (non-hydrogen) atoms. The SMILES string of the molecule is O=C(Cc1ccc(Cl)cc1)N1CCN(c2cc(-c3ccccc3)nc3ncnn23)CC1. The van der Waals surface area contributed by atoms with Gasteiger partial charge in [-0.3, -0.25) is 4.79 Å². The molecule has 0 spiro atoms. The third-order valence-electron chi connectivity index (χ3n) is 5.53. The topological polar surface area (TPSA) is 66.6 Å². The summed E-state index contributed by atoms with van der Waals surface area (Å²) in [4.78, 5) is 25.8. The number of aromatic nitrogens is 4. The fraction of sp³-hybridized carbons (Fsp3) is 0.217. The average molecular weight is 433 g/mol. The molecule has 8 heteroatoms. The van der Waals surface area contributed by atoms with Gasteiger partial charge in [-0.1, -0.05) is 54.1 Å². The monoisotopic (exact) mass is 432 g/mol. The van der Waals surface area contributed by atoms with Crippen molar-refractivity contribution in [2.75, 3.05) is 31.1 Å². The first-order valence-electron chi connectivity index (χ1n) is 10.2. The van der Waals surface area contributed by atoms with E-state index in [0.717, 1.165) is 35.7 Å². The molecule has 3 heterocycles. The first kappa shape index (κ1) is 19.5. The van der Waals surface area contributed by atoms with Gasteiger partial charge in [0.2, 0.25) is 5.91 Å². The van der Waals surface area contributed by atoms with Crippen LogP contribution in [0, 0.1) is 0 Å². The molecular formula is C23H21ClN6O. The van der Waals surface area contributed by atoms with Crippen molar-refractivity contribution in [1.82, 2.24) is 24.5 Å². The maximum absolute atomic E-state index is 12.7. The lowest BCUT2D eigenvalue weighted by molar-refractivity contribution is -0.130. The summed E-state index contributed by atoms with van der Waals surface area (Å²) in [5.74, 6) is 1.64. The van der Waals surface area contributed by atoms with Crippen molar-refractivity contribution < 1.29 is 4.79 Å². The number of halogens is 1. The molecule has 0 saturated carbocycles. The molecule has 5 rings (SSSR count). The van der Waals surface area contributed by atoms with E-state index in [1.165, 1.54) is 6.33 Å². The van der Waals surface area contributed by atoms with E-state index in [-0.39, 0.29) is 5.91 Å². The lowest BCUT2D eigenvalue weighted by Crippen LogP contribution is -2.49. The summed E-state index contributed by atoms with van der Waals surface area (Å²) in [5, 5.41) is 5.03. The molecule has 1 aliphatic heterocycles. The molecule has 7 nitrogen and oxygen atoms in total. The van der Waals surface area contributed by atoms with Gasteiger partial charge in [-0.2, -0.15) is 14.6 Å². The number of nitrogens with zero attached hydrogens (tertiary/aromatic N) is 6. The van der Waals surface area contributed by atoms with E-state index in [0.29, 0.717) is 30.3 Å². The Balaban J connectivity index is 1.33. The second-order valence-corrected chi connectivity index (χ2v) is 7.94. The second-order valence-electron chi connectivity index (χ2n) is 7.51. The zero-order chi connectivity index (χ0) is 21.2. The summed E-state index contributed by atoms with van der Waals surface area (Å²) in [6, 6.07) is 19.5. The predicted molar refractivity (Wildman–Crippen MR) is 120 cm³/mol. The minimum atomic E-state index is 0.132. The highest BCUT2D eigenvalue weighted by molar-refractivity contribution is 6.30. The van der Waals surface area contributed by atoms with E-state index in [9.17, 15) is 4.79 Å². The van der Waals surface area contributed by atoms with Crippen LogP contribution in [-0.2, 0) is 11.2 Å². The molecule has 1 saturated heterocycles. The van der Waals surface area contributed by atoms with Crippen molar-refractivity contribution >= 4 is 29.1 Å². The molecule has 1 aliphatic rings. The Morgan fingerprint density at radius 2 is 1.71 bits per heavy atom. The van der Waals surface area contributed by atoms with E-state index < -0.39 is 0 Å². The molecule has 0 radical (unpaired) electrons. The van der Waals surface area contributed by atoms with Gasteiger partial charge >= 0.3 is 0 Å². The molecule has 4 aromatic rings. The number of hydrogen-bond donors (Lipinski definition) is 0. The fourth-order valence-electron chi connectivity index (χ4n) is 3.85. The molecule has 0 atom stereocenters. The quantitative estimate of drug-likeness (QED) is 0.495. The Morgan fingerprint density at radius 1 is 0.968 bits per heavy atom. The lowest BCUT2D eigenvalue weighted by Gasteiger charge is -2.36. The van der Waals surface area contributed by atoms with Crippen LogP contribution in [0.1, 0.15) is 5.56 Å². The first-order chi connectivity index (χ1) is 15.2. The normalized spacial score (nSPS) is 14.2. The van der Waals surface area contributed by atoms with Crippen molar-refractivity contribution in [3.05, 3.63) is 77.6 Å². The highest BCUT2D eigenvalue weighted by Crippen LogP contribution is 2.24. The minimum absolute atomic E-state index is 0.132. The van der Waals surface area contributed by atoms with E-state index in [1.807, 2.05) is 65.6 Å². The van der Waals surface area contributed by atoms with Crippen LogP contribution in [0.25, 0.3) is 17.0 Å². The minimum Gasteiger partial charge on any atom is -0.353 e. The van der Waals surface area contributed by atoms with Gasteiger partial charge in [0.05, 0.1) is 12.1 Å². The standard InChI is InChI=1S/C23H21ClN6O/c24-19-8-6-17(7-9-19)14-22(31)29-12-10-28(11-13-29)21-15-20(18-4-2-1-3-5-18)27-23-25-16-26-30(21)23/h1-9,15-16H,10-14H2. The number of piperazine rings is 1. The van der Waals surface area contributed by atoms with E-state index >= 15 is 0 Å². The largest absolute Gasteiger partial charge is 0.353 e. The van der Waals surface area contributed by atoms with Gasteiger partial charge in [-0.25, -0.2) is 4.98 Å². The highest BCUT2D eigenvalue weighted by atomic mass is 35.5. The van der Waals surface area contributed by atoms with E-state index in [4.69, 9.17) is 11.6 Å². The summed E-state index contributed by atoms with van der Waals surface area (Å²) in [6.07, 6.45) is 1.91. The number of hydrogen-bond acceptors (Lipinski definition) is 5. The smallest absolute Gasteiger partial charge is 0.254 e. The van der Waals surface area contributed by atoms with Crippen molar-refractivity contribution in [1.29, 1.82) is 0 Å². The van der Waals surface area contributed by atoms with Gasteiger partial charge in [0, 0.05) is 42.8 Å². The zero-order valence-electron chi connectivity index (χ0n) is 16.9. The molecule has 0 N–H and O–H groups in total. The number of rotatable bonds is 4. The molecule has 1 fully saturated rings. The third kappa shape index (κ3) is 4.09. The van der Waals surface area contributed by atoms with Crippen LogP contribution in [0.15, 0.2) is 67.0 Å². The number of benzene rings is 2. The molecule has 2 aromatic carbocycles. The lowest BCUT2D eigenvalue weighted by atomic mass is 10.1. The van der Waals surface area contributed by atoms with Crippen LogP contribution in [-0.4, -0.2) is 56.6 Å². The third-order valence-corrected chi connectivity index (χ3v) is 5.78. The van der Waals surface area contributed by atoms with Gasteiger partial charge < -0.3 is 9.80 Å². The van der Waals surface area contributed by atoms with Crippen LogP contribution in [0.4, 0.5) is 5.82 Å². The Morgan fingerprint density at radius 3 is 2.45 bits per heavy atom. The number of fused-ring (bicyclic) bond motifs is 1. The Labute approximate surface area is 184 Å². The summed E-state index contributed by atoms with van der Waals surface area (Å²) in [5.41, 5.74) is 2.87. The van der Waals surface area contributed by atoms with Gasteiger partial charge in [0.15, 0.2) is 0 Å². The number of carbonyl (C=O) groups is 1. The summed E-state index contributed by atoms with van der Waals surface area (Å²) in [6.45, 7) is 2.76. The summed E-state index contributed by atoms with van der Waals surface area (Å²) >= 11 is 5.94. The van der Waals surface area contributed by atoms with E-state index in [2.05, 4.69) is 20.0 Å². The van der Waals surface area contributed by atoms with Crippen molar-refractivity contribution in [3.63, 3.8) is 0 Å². The maximum atomic E-state index is 12.7. The van der Waals surface area contributed by atoms with Crippen LogP contribution in [0.2, 0.25) is 5.02 Å². The van der Waals surface area contributed by atoms with Crippen molar-refractivity contribution in [2.45, 2.75) is 6.42 Å². The van der Waals surface area contributed by atoms with Crippen molar-refractivity contribution in [2.24, 2.45) is 0 Å². The molecule has 2 aromatic heterocycles. The zero-order valence-corrected chi connectivity index (χ0v) is 17.6. The molecule has 0 aliphatic carbocycles. The number of anilines is 1. The second kappa shape index (κ2) is 8.35. The number of carbonyl (C=O) groups excluding carboxylic acids is 1. The molecular weight excluding hydrogens is 412 g/mol. The van der Waals surface area contributed by atoms with Gasteiger partial charge in [0.25, 0.3) is 5.78 Å². The maximum Gasteiger partial charge on any atom is 0.254 e. The number of amides is 1. The summed E-state index contributed by atoms with van der Waals surface area (Å²) in [7, 11) is 0. The van der Waals surface area contributed by atoms with Crippen molar-refractivity contribution in [3.8, 4) is 11.3 Å². The van der Waals surface area contributed by atoms with E-state index in [1.54, 1.807) is 4.52 Å². The fourth-order valence-corrected chi connectivity index (χ4v) is 3.98. The Kier molecular flexibility index (Phi) is 5.26. The molecule has 0 bridgehead atoms. The summed E-state index contributed by atoms with van der Waals surface area (Å²) < 4.78 is 1.76. The van der Waals surface area contributed by atoms with Gasteiger partial charge in [-0.15, -0.1) is 0 Å². The Bertz CT molecular complexity index is 1200. The van der Waals surface area contributed by atoms with Gasteiger partial charge in [0.1, 0.15) is 12.1 Å². The van der Waals surface area contributed by atoms with Crippen LogP contribution < -0.4 is 4.90 Å². The molecule has 156 valence electrons. The van der Waals surface area contributed by atoms with Crippen LogP contribution in [0.5, 0.6) is 0 Å². The molecule has 1 amide bonds. The van der Waals surface area contributed by atoms with Gasteiger partial charge in [-0.05, 0) is 17.7 Å².